The summed E-state index contributed by atoms with van der Waals surface area (Å²) in [4.78, 5) is 38.7. The zero-order valence-corrected chi connectivity index (χ0v) is 30.7. The number of Topliss-reactive ketones (excluding diaryl/α,β-unsaturated/α-hetero) is 2. The minimum Gasteiger partial charge on any atom is -0.510 e. The predicted molar refractivity (Wildman–Crippen MR) is 203 cm³/mol. The van der Waals surface area contributed by atoms with E-state index in [4.69, 9.17) is 5.41 Å². The van der Waals surface area contributed by atoms with Crippen LogP contribution in [0.2, 0.25) is 0 Å². The first-order valence-corrected chi connectivity index (χ1v) is 17.2. The number of aliphatic hydroxyl groups is 1. The molecule has 3 N–H and O–H groups in total. The number of rotatable bonds is 24. The van der Waals surface area contributed by atoms with Gasteiger partial charge in [-0.25, -0.2) is 0 Å². The van der Waals surface area contributed by atoms with Crippen molar-refractivity contribution in [3.63, 3.8) is 0 Å². The molecule has 48 heavy (non-hydrogen) atoms. The second kappa shape index (κ2) is 26.8. The Morgan fingerprint density at radius 1 is 0.812 bits per heavy atom. The second-order valence-corrected chi connectivity index (χ2v) is 12.4. The fourth-order valence-corrected chi connectivity index (χ4v) is 4.53. The highest BCUT2D eigenvalue weighted by Crippen LogP contribution is 2.16. The topological polar surface area (TPSA) is 111 Å². The Hall–Kier alpha value is -4.26. The SMILES string of the molecule is CC/C(O)=C(/NC(=O)/C(C)=C/C=C/C=C/C=C/C=C/C(C)C(=O)/C(C)=C/C(C)CCC/C=C/C(C)C/C=C/CCCN(C)C=N)C(C)=O. The summed E-state index contributed by atoms with van der Waals surface area (Å²) >= 11 is 0. The molecule has 0 aliphatic carbocycles. The maximum Gasteiger partial charge on any atom is 0.251 e. The number of amides is 1. The second-order valence-electron chi connectivity index (χ2n) is 12.4. The smallest absolute Gasteiger partial charge is 0.251 e. The highest BCUT2D eigenvalue weighted by Gasteiger charge is 2.14. The normalized spacial score (nSPS) is 15.6. The molecule has 7 heteroatoms. The molecule has 0 saturated carbocycles. The van der Waals surface area contributed by atoms with Crippen LogP contribution in [0.25, 0.3) is 0 Å². The van der Waals surface area contributed by atoms with E-state index in [2.05, 4.69) is 49.5 Å². The van der Waals surface area contributed by atoms with Gasteiger partial charge in [0.1, 0.15) is 11.5 Å². The van der Waals surface area contributed by atoms with Crippen LogP contribution in [-0.2, 0) is 14.4 Å². The van der Waals surface area contributed by atoms with E-state index >= 15 is 0 Å². The van der Waals surface area contributed by atoms with Gasteiger partial charge in [0.25, 0.3) is 5.91 Å². The van der Waals surface area contributed by atoms with Gasteiger partial charge >= 0.3 is 0 Å². The highest BCUT2D eigenvalue weighted by molar-refractivity contribution is 6.02. The van der Waals surface area contributed by atoms with Gasteiger partial charge < -0.3 is 15.3 Å². The Balaban J connectivity index is 4.54. The van der Waals surface area contributed by atoms with E-state index in [1.807, 2.05) is 62.3 Å². The number of carbonyl (C=O) groups is 3. The van der Waals surface area contributed by atoms with E-state index in [0.717, 1.165) is 50.6 Å². The van der Waals surface area contributed by atoms with Crippen molar-refractivity contribution in [3.8, 4) is 0 Å². The number of aliphatic hydroxyl groups excluding tert-OH is 1. The van der Waals surface area contributed by atoms with Gasteiger partial charge in [-0.05, 0) is 69.8 Å². The summed E-state index contributed by atoms with van der Waals surface area (Å²) in [6, 6.07) is 0. The van der Waals surface area contributed by atoms with Crippen molar-refractivity contribution in [2.75, 3.05) is 13.6 Å². The Labute approximate surface area is 290 Å². The number of hydrogen-bond acceptors (Lipinski definition) is 5. The van der Waals surface area contributed by atoms with E-state index in [1.54, 1.807) is 32.1 Å². The molecule has 0 bridgehead atoms. The number of ketones is 2. The summed E-state index contributed by atoms with van der Waals surface area (Å²) in [6.45, 7) is 13.8. The molecule has 0 aromatic rings. The molecule has 0 spiro atoms. The molecule has 0 rings (SSSR count). The standard InChI is InChI=1S/C41H61N3O4/c1-9-38(46)39(37(7)45)43-41(48)35(5)28-22-14-12-10-11-13-21-27-34(4)40(47)36(6)30-33(3)26-20-17-19-25-32(2)24-18-15-16-23-29-44(8)31-42/h10-15,18-19,21-22,25,27-28,30-34,42,46H,9,16-17,20,23-24,26,29H2,1-8H3,(H,43,48)/b12-10+,13-11+,18-15+,22-14+,25-19+,27-21+,35-28+,36-30+,39-38-,42-31?. The fourth-order valence-electron chi connectivity index (χ4n) is 4.53. The lowest BCUT2D eigenvalue weighted by Crippen LogP contribution is -2.28. The molecule has 3 unspecified atom stereocenters. The van der Waals surface area contributed by atoms with Gasteiger partial charge in [0.15, 0.2) is 11.6 Å². The summed E-state index contributed by atoms with van der Waals surface area (Å²) in [6.07, 6.45) is 35.4. The first-order chi connectivity index (χ1) is 22.8. The maximum atomic E-state index is 12.8. The van der Waals surface area contributed by atoms with Crippen LogP contribution in [0.4, 0.5) is 0 Å². The Morgan fingerprint density at radius 3 is 2.06 bits per heavy atom. The van der Waals surface area contributed by atoms with E-state index in [0.29, 0.717) is 17.4 Å². The van der Waals surface area contributed by atoms with Crippen molar-refractivity contribution >= 4 is 23.8 Å². The van der Waals surface area contributed by atoms with E-state index in [9.17, 15) is 19.5 Å². The summed E-state index contributed by atoms with van der Waals surface area (Å²) in [5.74, 6) is -0.198. The molecule has 1 amide bonds. The Morgan fingerprint density at radius 2 is 1.44 bits per heavy atom. The van der Waals surface area contributed by atoms with Crippen LogP contribution in [0.1, 0.15) is 93.4 Å². The molecule has 264 valence electrons. The minimum atomic E-state index is -0.452. The number of nitrogens with zero attached hydrogens (tertiary/aromatic N) is 1. The lowest BCUT2D eigenvalue weighted by Gasteiger charge is -2.10. The maximum absolute atomic E-state index is 12.8. The number of nitrogens with one attached hydrogen (secondary N) is 2. The number of carbonyl (C=O) groups excluding carboxylic acids is 3. The summed E-state index contributed by atoms with van der Waals surface area (Å²) < 4.78 is 0. The largest absolute Gasteiger partial charge is 0.510 e. The molecule has 3 atom stereocenters. The van der Waals surface area contributed by atoms with Crippen molar-refractivity contribution in [3.05, 3.63) is 108 Å². The van der Waals surface area contributed by atoms with Crippen LogP contribution in [0.5, 0.6) is 0 Å². The zero-order chi connectivity index (χ0) is 36.3. The van der Waals surface area contributed by atoms with Gasteiger partial charge in [-0.15, -0.1) is 0 Å². The van der Waals surface area contributed by atoms with Crippen LogP contribution in [0, 0.1) is 23.2 Å². The number of unbranched alkanes of at least 4 members (excludes halogenated alkanes) is 2. The molecule has 0 aliphatic heterocycles. The third-order valence-electron chi connectivity index (χ3n) is 7.59. The van der Waals surface area contributed by atoms with Crippen molar-refractivity contribution in [2.24, 2.45) is 17.8 Å². The average molecular weight is 660 g/mol. The van der Waals surface area contributed by atoms with Gasteiger partial charge in [-0.1, -0.05) is 113 Å². The number of hydrogen-bond donors (Lipinski definition) is 3. The van der Waals surface area contributed by atoms with Gasteiger partial charge in [0.2, 0.25) is 0 Å². The average Bonchev–Trinajstić information content (AvgIpc) is 3.06. The van der Waals surface area contributed by atoms with E-state index < -0.39 is 11.7 Å². The Bertz CT molecular complexity index is 1290. The van der Waals surface area contributed by atoms with Crippen LogP contribution in [0.15, 0.2) is 108 Å². The third-order valence-corrected chi connectivity index (χ3v) is 7.59. The molecule has 0 aromatic heterocycles. The molecular weight excluding hydrogens is 598 g/mol. The van der Waals surface area contributed by atoms with Crippen LogP contribution >= 0.6 is 0 Å². The molecule has 0 heterocycles. The monoisotopic (exact) mass is 659 g/mol. The molecule has 0 radical (unpaired) electrons. The van der Waals surface area contributed by atoms with Crippen molar-refractivity contribution in [1.82, 2.24) is 10.2 Å². The van der Waals surface area contributed by atoms with Gasteiger partial charge in [-0.3, -0.25) is 19.8 Å². The third kappa shape index (κ3) is 21.5. The van der Waals surface area contributed by atoms with Crippen LogP contribution in [-0.4, -0.2) is 47.4 Å². The fraction of sp³-hybridized carbons (Fsp3) is 0.463. The lowest BCUT2D eigenvalue weighted by molar-refractivity contribution is -0.120. The summed E-state index contributed by atoms with van der Waals surface area (Å²) in [5.41, 5.74) is 1.13. The first-order valence-electron chi connectivity index (χ1n) is 17.2. The molecular formula is C41H61N3O4. The van der Waals surface area contributed by atoms with E-state index in [1.165, 1.54) is 13.3 Å². The lowest BCUT2D eigenvalue weighted by atomic mass is 9.94. The summed E-state index contributed by atoms with van der Waals surface area (Å²) in [7, 11) is 1.93. The van der Waals surface area contributed by atoms with Crippen molar-refractivity contribution in [2.45, 2.75) is 93.4 Å². The van der Waals surface area contributed by atoms with Gasteiger partial charge in [-0.2, -0.15) is 0 Å². The molecule has 0 saturated heterocycles. The molecule has 0 fully saturated rings. The van der Waals surface area contributed by atoms with Crippen molar-refractivity contribution < 1.29 is 19.5 Å². The Kier molecular flexibility index (Phi) is 24.4. The zero-order valence-electron chi connectivity index (χ0n) is 30.7. The number of allylic oxidation sites excluding steroid dienone is 17. The van der Waals surface area contributed by atoms with E-state index in [-0.39, 0.29) is 29.6 Å². The highest BCUT2D eigenvalue weighted by atomic mass is 16.3. The van der Waals surface area contributed by atoms with Crippen LogP contribution in [0.3, 0.4) is 0 Å². The van der Waals surface area contributed by atoms with Crippen molar-refractivity contribution in [1.29, 1.82) is 5.41 Å². The first kappa shape index (κ1) is 43.7. The summed E-state index contributed by atoms with van der Waals surface area (Å²) in [5, 5.41) is 19.5. The molecule has 0 aromatic carbocycles. The van der Waals surface area contributed by atoms with Gasteiger partial charge in [0, 0.05) is 38.4 Å². The predicted octanol–water partition coefficient (Wildman–Crippen LogP) is 9.46. The quantitative estimate of drug-likeness (QED) is 0.0182. The molecule has 7 nitrogen and oxygen atoms in total. The van der Waals surface area contributed by atoms with Crippen LogP contribution < -0.4 is 5.32 Å². The van der Waals surface area contributed by atoms with Gasteiger partial charge in [0.05, 0.1) is 6.34 Å². The minimum absolute atomic E-state index is 0.0778. The molecule has 0 aliphatic rings.